The Morgan fingerprint density at radius 3 is 2.38 bits per heavy atom. The molecule has 1 unspecified atom stereocenters. The molecule has 2 heterocycles. The number of aliphatic hydroxyl groups is 1. The molecule has 3 rings (SSSR count). The molecule has 7 heteroatoms. The molecule has 2 aliphatic heterocycles. The van der Waals surface area contributed by atoms with Crippen LogP contribution in [0.15, 0.2) is 30.3 Å². The molecule has 1 atom stereocenters. The van der Waals surface area contributed by atoms with E-state index in [2.05, 4.69) is 21.9 Å². The molecule has 0 aromatic heterocycles. The molecule has 0 spiro atoms. The van der Waals surface area contributed by atoms with Crippen molar-refractivity contribution in [1.29, 1.82) is 0 Å². The number of hydrogen-bond donors (Lipinski definition) is 1. The van der Waals surface area contributed by atoms with Crippen LogP contribution in [0.25, 0.3) is 0 Å². The van der Waals surface area contributed by atoms with Gasteiger partial charge in [-0.15, -0.1) is 0 Å². The highest BCUT2D eigenvalue weighted by atomic mass is 32.2. The lowest BCUT2D eigenvalue weighted by Gasteiger charge is -2.39. The van der Waals surface area contributed by atoms with Crippen LogP contribution in [0.5, 0.6) is 0 Å². The van der Waals surface area contributed by atoms with Crippen molar-refractivity contribution in [3.63, 3.8) is 0 Å². The largest absolute Gasteiger partial charge is 0.387 e. The summed E-state index contributed by atoms with van der Waals surface area (Å²) in [5.74, 6) is 0.0961. The number of rotatable bonds is 5. The van der Waals surface area contributed by atoms with E-state index < -0.39 is 15.6 Å². The molecule has 2 fully saturated rings. The molecular formula is C17H27N3O3S. The van der Waals surface area contributed by atoms with E-state index in [4.69, 9.17) is 0 Å². The van der Waals surface area contributed by atoms with Gasteiger partial charge in [0.1, 0.15) is 0 Å². The molecule has 0 radical (unpaired) electrons. The van der Waals surface area contributed by atoms with Gasteiger partial charge >= 0.3 is 0 Å². The van der Waals surface area contributed by atoms with Crippen LogP contribution in [-0.2, 0) is 10.0 Å². The Hall–Kier alpha value is -1.15. The van der Waals surface area contributed by atoms with Crippen molar-refractivity contribution < 1.29 is 13.5 Å². The Morgan fingerprint density at radius 1 is 1.08 bits per heavy atom. The van der Waals surface area contributed by atoms with Gasteiger partial charge in [-0.25, -0.2) is 8.42 Å². The highest BCUT2D eigenvalue weighted by Gasteiger charge is 2.41. The minimum Gasteiger partial charge on any atom is -0.387 e. The normalized spacial score (nSPS) is 26.8. The molecule has 6 nitrogen and oxygen atoms in total. The molecule has 2 saturated heterocycles. The standard InChI is InChI=1S/C17H27N3O3S/c1-2-24(22,23)20-9-8-17(21,15-20)14-18-10-12-19(13-11-18)16-6-4-3-5-7-16/h3-7,21H,2,8-15H2,1H3. The van der Waals surface area contributed by atoms with Gasteiger partial charge in [0, 0.05) is 51.5 Å². The number of anilines is 1. The maximum Gasteiger partial charge on any atom is 0.213 e. The summed E-state index contributed by atoms with van der Waals surface area (Å²) in [5, 5.41) is 10.8. The molecule has 24 heavy (non-hydrogen) atoms. The molecule has 0 saturated carbocycles. The van der Waals surface area contributed by atoms with Crippen LogP contribution < -0.4 is 4.90 Å². The van der Waals surface area contributed by atoms with Gasteiger partial charge in [-0.1, -0.05) is 18.2 Å². The smallest absolute Gasteiger partial charge is 0.213 e. The fourth-order valence-electron chi connectivity index (χ4n) is 3.59. The maximum atomic E-state index is 12.0. The molecule has 1 N–H and O–H groups in total. The summed E-state index contributed by atoms with van der Waals surface area (Å²) in [6.45, 7) is 6.48. The van der Waals surface area contributed by atoms with Crippen LogP contribution in [0.4, 0.5) is 5.69 Å². The lowest BCUT2D eigenvalue weighted by molar-refractivity contribution is 0.0152. The second-order valence-electron chi connectivity index (χ2n) is 6.81. The zero-order chi connectivity index (χ0) is 17.2. The molecule has 0 aliphatic carbocycles. The number of nitrogens with zero attached hydrogens (tertiary/aromatic N) is 3. The summed E-state index contributed by atoms with van der Waals surface area (Å²) in [7, 11) is -3.21. The first-order chi connectivity index (χ1) is 11.4. The van der Waals surface area contributed by atoms with E-state index in [1.54, 1.807) is 6.92 Å². The summed E-state index contributed by atoms with van der Waals surface area (Å²) in [5.41, 5.74) is 0.314. The fraction of sp³-hybridized carbons (Fsp3) is 0.647. The van der Waals surface area contributed by atoms with E-state index in [1.807, 2.05) is 18.2 Å². The third kappa shape index (κ3) is 3.91. The summed E-state index contributed by atoms with van der Waals surface area (Å²) in [6.07, 6.45) is 0.519. The average Bonchev–Trinajstić information content (AvgIpc) is 2.99. The van der Waals surface area contributed by atoms with E-state index in [9.17, 15) is 13.5 Å². The van der Waals surface area contributed by atoms with Gasteiger partial charge in [0.05, 0.1) is 11.4 Å². The molecule has 0 bridgehead atoms. The summed E-state index contributed by atoms with van der Waals surface area (Å²) in [4.78, 5) is 4.60. The molecule has 0 amide bonds. The first kappa shape index (κ1) is 17.7. The number of β-amino-alcohol motifs (C(OH)–C–C–N with tert-alkyl or cyclic N) is 1. The van der Waals surface area contributed by atoms with Crippen LogP contribution in [0.2, 0.25) is 0 Å². The zero-order valence-electron chi connectivity index (χ0n) is 14.3. The van der Waals surface area contributed by atoms with Crippen LogP contribution >= 0.6 is 0 Å². The molecule has 1 aromatic rings. The number of hydrogen-bond acceptors (Lipinski definition) is 5. The van der Waals surface area contributed by atoms with E-state index >= 15 is 0 Å². The Labute approximate surface area is 144 Å². The predicted octanol–water partition coefficient (Wildman–Crippen LogP) is 0.595. The van der Waals surface area contributed by atoms with Crippen LogP contribution in [-0.4, -0.2) is 79.9 Å². The van der Waals surface area contributed by atoms with Crippen LogP contribution in [0.3, 0.4) is 0 Å². The third-order valence-corrected chi connectivity index (χ3v) is 6.90. The second kappa shape index (κ2) is 7.00. The van der Waals surface area contributed by atoms with Crippen molar-refractivity contribution in [3.8, 4) is 0 Å². The lowest BCUT2D eigenvalue weighted by Crippen LogP contribution is -2.53. The van der Waals surface area contributed by atoms with Gasteiger partial charge in [-0.05, 0) is 25.5 Å². The van der Waals surface area contributed by atoms with E-state index in [0.29, 0.717) is 19.5 Å². The Kier molecular flexibility index (Phi) is 5.15. The van der Waals surface area contributed by atoms with Crippen molar-refractivity contribution in [2.45, 2.75) is 18.9 Å². The molecular weight excluding hydrogens is 326 g/mol. The van der Waals surface area contributed by atoms with Crippen molar-refractivity contribution >= 4 is 15.7 Å². The SMILES string of the molecule is CCS(=O)(=O)N1CCC(O)(CN2CCN(c3ccccc3)CC2)C1. The van der Waals surface area contributed by atoms with Crippen LogP contribution in [0, 0.1) is 0 Å². The predicted molar refractivity (Wildman–Crippen MR) is 95.7 cm³/mol. The second-order valence-corrected chi connectivity index (χ2v) is 9.06. The minimum atomic E-state index is -3.21. The number of sulfonamides is 1. The topological polar surface area (TPSA) is 64.1 Å². The van der Waals surface area contributed by atoms with Crippen molar-refractivity contribution in [2.24, 2.45) is 0 Å². The molecule has 134 valence electrons. The molecule has 1 aromatic carbocycles. The monoisotopic (exact) mass is 353 g/mol. The quantitative estimate of drug-likeness (QED) is 0.840. The number of piperazine rings is 1. The van der Waals surface area contributed by atoms with Gasteiger partial charge in [0.2, 0.25) is 10.0 Å². The fourth-order valence-corrected chi connectivity index (χ4v) is 4.76. The first-order valence-electron chi connectivity index (χ1n) is 8.64. The average molecular weight is 353 g/mol. The van der Waals surface area contributed by atoms with Crippen LogP contribution in [0.1, 0.15) is 13.3 Å². The van der Waals surface area contributed by atoms with Gasteiger partial charge < -0.3 is 10.0 Å². The number of para-hydroxylation sites is 1. The number of benzene rings is 1. The Balaban J connectivity index is 1.53. The van der Waals surface area contributed by atoms with E-state index in [0.717, 1.165) is 26.2 Å². The van der Waals surface area contributed by atoms with Gasteiger partial charge in [-0.2, -0.15) is 4.31 Å². The van der Waals surface area contributed by atoms with Crippen molar-refractivity contribution in [3.05, 3.63) is 30.3 Å². The van der Waals surface area contributed by atoms with Crippen molar-refractivity contribution in [2.75, 3.05) is 56.5 Å². The third-order valence-electron chi connectivity index (χ3n) is 5.07. The Morgan fingerprint density at radius 2 is 1.75 bits per heavy atom. The van der Waals surface area contributed by atoms with Gasteiger partial charge in [-0.3, -0.25) is 4.90 Å². The highest BCUT2D eigenvalue weighted by Crippen LogP contribution is 2.26. The molecule has 2 aliphatic rings. The van der Waals surface area contributed by atoms with Crippen molar-refractivity contribution in [1.82, 2.24) is 9.21 Å². The Bertz CT molecular complexity index is 644. The lowest BCUT2D eigenvalue weighted by atomic mass is 10.0. The zero-order valence-corrected chi connectivity index (χ0v) is 15.1. The van der Waals surface area contributed by atoms with Gasteiger partial charge in [0.15, 0.2) is 0 Å². The minimum absolute atomic E-state index is 0.0961. The van der Waals surface area contributed by atoms with Gasteiger partial charge in [0.25, 0.3) is 0 Å². The first-order valence-corrected chi connectivity index (χ1v) is 10.3. The summed E-state index contributed by atoms with van der Waals surface area (Å²) < 4.78 is 25.4. The van der Waals surface area contributed by atoms with E-state index in [-0.39, 0.29) is 12.3 Å². The highest BCUT2D eigenvalue weighted by molar-refractivity contribution is 7.89. The summed E-state index contributed by atoms with van der Waals surface area (Å²) in [6, 6.07) is 10.4. The maximum absolute atomic E-state index is 12.0. The van der Waals surface area contributed by atoms with E-state index in [1.165, 1.54) is 9.99 Å². The summed E-state index contributed by atoms with van der Waals surface area (Å²) >= 11 is 0.